The molecule has 4 heteroatoms. The van der Waals surface area contributed by atoms with Gasteiger partial charge in [0.15, 0.2) is 0 Å². The van der Waals surface area contributed by atoms with Crippen LogP contribution >= 0.6 is 0 Å². The Balaban J connectivity index is 2.68. The van der Waals surface area contributed by atoms with Gasteiger partial charge in [-0.2, -0.15) is 5.10 Å². The zero-order chi connectivity index (χ0) is 9.42. The van der Waals surface area contributed by atoms with Crippen LogP contribution in [0.25, 0.3) is 5.52 Å². The molecule has 0 aliphatic carbocycles. The second-order valence-electron chi connectivity index (χ2n) is 3.37. The van der Waals surface area contributed by atoms with Crippen LogP contribution in [0.3, 0.4) is 0 Å². The molecular weight excluding hydrogens is 164 g/mol. The van der Waals surface area contributed by atoms with E-state index in [2.05, 4.69) is 23.9 Å². The predicted molar refractivity (Wildman–Crippen MR) is 51.5 cm³/mol. The first-order valence-electron chi connectivity index (χ1n) is 4.28. The van der Waals surface area contributed by atoms with Gasteiger partial charge in [-0.15, -0.1) is 0 Å². The lowest BCUT2D eigenvalue weighted by Crippen LogP contribution is -1.95. The van der Waals surface area contributed by atoms with Crippen LogP contribution in [0.5, 0.6) is 0 Å². The second-order valence-corrected chi connectivity index (χ2v) is 3.37. The lowest BCUT2D eigenvalue weighted by molar-refractivity contribution is 0.787. The first kappa shape index (κ1) is 8.04. The maximum Gasteiger partial charge on any atom is 0.149 e. The summed E-state index contributed by atoms with van der Waals surface area (Å²) in [4.78, 5) is 4.00. The van der Waals surface area contributed by atoms with E-state index in [9.17, 15) is 0 Å². The Hall–Kier alpha value is -1.58. The summed E-state index contributed by atoms with van der Waals surface area (Å²) in [6, 6.07) is 1.98. The van der Waals surface area contributed by atoms with Crippen molar-refractivity contribution in [3.05, 3.63) is 24.2 Å². The summed E-state index contributed by atoms with van der Waals surface area (Å²) in [6.07, 6.45) is 3.46. The van der Waals surface area contributed by atoms with Crippen LogP contribution in [-0.2, 0) is 0 Å². The molecule has 2 N–H and O–H groups in total. The monoisotopic (exact) mass is 176 g/mol. The van der Waals surface area contributed by atoms with E-state index < -0.39 is 0 Å². The largest absolute Gasteiger partial charge is 0.382 e. The van der Waals surface area contributed by atoms with E-state index in [1.54, 1.807) is 16.9 Å². The van der Waals surface area contributed by atoms with Crippen molar-refractivity contribution < 1.29 is 0 Å². The molecule has 0 bridgehead atoms. The van der Waals surface area contributed by atoms with E-state index >= 15 is 0 Å². The highest BCUT2D eigenvalue weighted by Gasteiger charge is 2.07. The lowest BCUT2D eigenvalue weighted by Gasteiger charge is -1.95. The Labute approximate surface area is 76.4 Å². The van der Waals surface area contributed by atoms with E-state index in [1.165, 1.54) is 0 Å². The predicted octanol–water partition coefficient (Wildman–Crippen LogP) is 1.43. The standard InChI is InChI=1S/C9H12N4/c1-6(2)7-5-8-9(10)11-3-4-13(8)12-7/h3-6H,1-2H3,(H2,10,11). The highest BCUT2D eigenvalue weighted by atomic mass is 15.2. The molecule has 2 aromatic rings. The molecule has 0 saturated carbocycles. The van der Waals surface area contributed by atoms with Crippen molar-refractivity contribution in [3.8, 4) is 0 Å². The lowest BCUT2D eigenvalue weighted by atomic mass is 10.1. The van der Waals surface area contributed by atoms with Crippen LogP contribution in [0, 0.1) is 0 Å². The molecule has 0 spiro atoms. The second kappa shape index (κ2) is 2.73. The molecule has 0 radical (unpaired) electrons. The van der Waals surface area contributed by atoms with Crippen molar-refractivity contribution in [2.75, 3.05) is 5.73 Å². The van der Waals surface area contributed by atoms with Gasteiger partial charge in [0, 0.05) is 12.4 Å². The molecule has 2 aromatic heterocycles. The number of hydrogen-bond donors (Lipinski definition) is 1. The maximum absolute atomic E-state index is 5.70. The molecule has 0 aliphatic heterocycles. The van der Waals surface area contributed by atoms with Crippen molar-refractivity contribution in [2.24, 2.45) is 0 Å². The van der Waals surface area contributed by atoms with Crippen molar-refractivity contribution >= 4 is 11.3 Å². The first-order valence-corrected chi connectivity index (χ1v) is 4.28. The highest BCUT2D eigenvalue weighted by molar-refractivity contribution is 5.65. The van der Waals surface area contributed by atoms with Gasteiger partial charge in [0.25, 0.3) is 0 Å². The molecule has 4 nitrogen and oxygen atoms in total. The van der Waals surface area contributed by atoms with Crippen LogP contribution < -0.4 is 5.73 Å². The van der Waals surface area contributed by atoms with E-state index in [0.29, 0.717) is 11.7 Å². The molecule has 0 atom stereocenters. The Bertz CT molecular complexity index is 430. The Morgan fingerprint density at radius 2 is 2.23 bits per heavy atom. The number of anilines is 1. The third kappa shape index (κ3) is 1.24. The Morgan fingerprint density at radius 1 is 1.46 bits per heavy atom. The van der Waals surface area contributed by atoms with Crippen LogP contribution in [0.4, 0.5) is 5.82 Å². The van der Waals surface area contributed by atoms with Gasteiger partial charge in [-0.25, -0.2) is 9.50 Å². The van der Waals surface area contributed by atoms with Gasteiger partial charge in [-0.05, 0) is 12.0 Å². The average molecular weight is 176 g/mol. The number of nitrogens with zero attached hydrogens (tertiary/aromatic N) is 3. The summed E-state index contributed by atoms with van der Waals surface area (Å²) in [7, 11) is 0. The molecule has 2 heterocycles. The van der Waals surface area contributed by atoms with Crippen molar-refractivity contribution in [3.63, 3.8) is 0 Å². The van der Waals surface area contributed by atoms with Crippen LogP contribution in [0.15, 0.2) is 18.5 Å². The molecule has 0 aliphatic rings. The van der Waals surface area contributed by atoms with Crippen LogP contribution in [-0.4, -0.2) is 14.6 Å². The summed E-state index contributed by atoms with van der Waals surface area (Å²) in [5.41, 5.74) is 7.62. The molecular formula is C9H12N4. The quantitative estimate of drug-likeness (QED) is 0.715. The van der Waals surface area contributed by atoms with Gasteiger partial charge >= 0.3 is 0 Å². The van der Waals surface area contributed by atoms with E-state index in [4.69, 9.17) is 5.73 Å². The normalized spacial score (nSPS) is 11.3. The van der Waals surface area contributed by atoms with Gasteiger partial charge in [0.1, 0.15) is 11.3 Å². The fraction of sp³-hybridized carbons (Fsp3) is 0.333. The Morgan fingerprint density at radius 3 is 2.85 bits per heavy atom. The molecule has 2 rings (SSSR count). The Kier molecular flexibility index (Phi) is 1.69. The zero-order valence-electron chi connectivity index (χ0n) is 7.73. The van der Waals surface area contributed by atoms with Crippen LogP contribution in [0.1, 0.15) is 25.5 Å². The molecule has 68 valence electrons. The summed E-state index contributed by atoms with van der Waals surface area (Å²) < 4.78 is 1.76. The van der Waals surface area contributed by atoms with E-state index in [0.717, 1.165) is 11.2 Å². The van der Waals surface area contributed by atoms with Crippen LogP contribution in [0.2, 0.25) is 0 Å². The number of nitrogens with two attached hydrogens (primary N) is 1. The summed E-state index contributed by atoms with van der Waals surface area (Å²) in [6.45, 7) is 4.21. The number of rotatable bonds is 1. The minimum absolute atomic E-state index is 0.416. The summed E-state index contributed by atoms with van der Waals surface area (Å²) >= 11 is 0. The van der Waals surface area contributed by atoms with Gasteiger partial charge in [-0.1, -0.05) is 13.8 Å². The van der Waals surface area contributed by atoms with Crippen molar-refractivity contribution in [2.45, 2.75) is 19.8 Å². The van der Waals surface area contributed by atoms with Gasteiger partial charge in [-0.3, -0.25) is 0 Å². The molecule has 0 unspecified atom stereocenters. The molecule has 0 aromatic carbocycles. The average Bonchev–Trinajstić information content (AvgIpc) is 2.49. The molecule has 0 fully saturated rings. The minimum atomic E-state index is 0.416. The van der Waals surface area contributed by atoms with Crippen molar-refractivity contribution in [1.82, 2.24) is 14.6 Å². The zero-order valence-corrected chi connectivity index (χ0v) is 7.73. The van der Waals surface area contributed by atoms with E-state index in [-0.39, 0.29) is 0 Å². The van der Waals surface area contributed by atoms with Gasteiger partial charge < -0.3 is 5.73 Å². The highest BCUT2D eigenvalue weighted by Crippen LogP contribution is 2.17. The van der Waals surface area contributed by atoms with Gasteiger partial charge in [0.05, 0.1) is 5.69 Å². The molecule has 0 amide bonds. The van der Waals surface area contributed by atoms with Crippen molar-refractivity contribution in [1.29, 1.82) is 0 Å². The third-order valence-corrected chi connectivity index (χ3v) is 2.03. The number of nitrogen functional groups attached to an aromatic ring is 1. The minimum Gasteiger partial charge on any atom is -0.382 e. The fourth-order valence-electron chi connectivity index (χ4n) is 1.24. The number of fused-ring (bicyclic) bond motifs is 1. The number of aromatic nitrogens is 3. The van der Waals surface area contributed by atoms with E-state index in [1.807, 2.05) is 6.07 Å². The SMILES string of the molecule is CC(C)c1cc2c(N)nccn2n1. The fourth-order valence-corrected chi connectivity index (χ4v) is 1.24. The summed E-state index contributed by atoms with van der Waals surface area (Å²) in [5.74, 6) is 0.946. The smallest absolute Gasteiger partial charge is 0.149 e. The summed E-state index contributed by atoms with van der Waals surface area (Å²) in [5, 5.41) is 4.37. The number of hydrogen-bond acceptors (Lipinski definition) is 3. The molecule has 0 saturated heterocycles. The molecule has 13 heavy (non-hydrogen) atoms. The maximum atomic E-state index is 5.70. The topological polar surface area (TPSA) is 56.2 Å². The first-order chi connectivity index (χ1) is 6.18. The van der Waals surface area contributed by atoms with Gasteiger partial charge in [0.2, 0.25) is 0 Å². The third-order valence-electron chi connectivity index (χ3n) is 2.03.